The molecule has 0 aromatic heterocycles. The van der Waals surface area contributed by atoms with Crippen LogP contribution in [0.25, 0.3) is 0 Å². The first-order valence-corrected chi connectivity index (χ1v) is 4.60. The fraction of sp³-hybridized carbons (Fsp3) is 0.636. The van der Waals surface area contributed by atoms with Crippen LogP contribution in [0.3, 0.4) is 0 Å². The van der Waals surface area contributed by atoms with Crippen molar-refractivity contribution in [1.82, 2.24) is 0 Å². The highest BCUT2D eigenvalue weighted by Crippen LogP contribution is 2.44. The van der Waals surface area contributed by atoms with Crippen LogP contribution in [0.1, 0.15) is 6.92 Å². The molecular weight excluding hydrogens is 164 g/mol. The molecule has 0 radical (unpaired) electrons. The molecule has 2 rings (SSSR count). The van der Waals surface area contributed by atoms with Gasteiger partial charge in [-0.2, -0.15) is 0 Å². The molecule has 0 spiro atoms. The number of hydrogen-bond donors (Lipinski definition) is 0. The van der Waals surface area contributed by atoms with E-state index in [1.807, 2.05) is 6.08 Å². The van der Waals surface area contributed by atoms with Gasteiger partial charge in [-0.3, -0.25) is 0 Å². The number of hydrogen-bond acceptors (Lipinski definition) is 2. The smallest absolute Gasteiger partial charge is 0.118 e. The molecule has 2 saturated heterocycles. The van der Waals surface area contributed by atoms with Crippen molar-refractivity contribution in [1.29, 1.82) is 0 Å². The van der Waals surface area contributed by atoms with Gasteiger partial charge in [-0.1, -0.05) is 18.9 Å². The summed E-state index contributed by atoms with van der Waals surface area (Å²) in [7, 11) is 0. The molecule has 0 saturated carbocycles. The molecule has 13 heavy (non-hydrogen) atoms. The molecule has 0 aromatic carbocycles. The van der Waals surface area contributed by atoms with E-state index in [1.165, 1.54) is 0 Å². The highest BCUT2D eigenvalue weighted by molar-refractivity contribution is 5.19. The first-order valence-electron chi connectivity index (χ1n) is 4.60. The summed E-state index contributed by atoms with van der Waals surface area (Å²) in [6.45, 7) is 7.25. The highest BCUT2D eigenvalue weighted by atomic mass is 16.6. The van der Waals surface area contributed by atoms with Crippen molar-refractivity contribution in [3.05, 3.63) is 12.7 Å². The molecule has 0 N–H and O–H groups in total. The number of fused-ring (bicyclic) bond motifs is 1. The van der Waals surface area contributed by atoms with Gasteiger partial charge in [0.05, 0.1) is 19.1 Å². The van der Waals surface area contributed by atoms with Gasteiger partial charge in [-0.25, -0.2) is 0 Å². The van der Waals surface area contributed by atoms with E-state index in [4.69, 9.17) is 15.9 Å². The van der Waals surface area contributed by atoms with E-state index in [2.05, 4.69) is 19.4 Å². The molecule has 70 valence electrons. The van der Waals surface area contributed by atoms with Crippen LogP contribution in [0, 0.1) is 24.2 Å². The zero-order chi connectivity index (χ0) is 9.47. The Bertz CT molecular complexity index is 266. The van der Waals surface area contributed by atoms with Crippen LogP contribution in [0.4, 0.5) is 0 Å². The van der Waals surface area contributed by atoms with E-state index < -0.39 is 0 Å². The fourth-order valence-corrected chi connectivity index (χ4v) is 2.28. The maximum absolute atomic E-state index is 5.74. The second-order valence-corrected chi connectivity index (χ2v) is 3.80. The molecule has 2 heteroatoms. The maximum atomic E-state index is 5.74. The lowest BCUT2D eigenvalue weighted by Gasteiger charge is -2.27. The quantitative estimate of drug-likeness (QED) is 0.444. The Morgan fingerprint density at radius 2 is 2.38 bits per heavy atom. The highest BCUT2D eigenvalue weighted by Gasteiger charge is 2.56. The van der Waals surface area contributed by atoms with Gasteiger partial charge in [-0.15, -0.1) is 13.0 Å². The van der Waals surface area contributed by atoms with Crippen LogP contribution >= 0.6 is 0 Å². The van der Waals surface area contributed by atoms with E-state index in [0.717, 1.165) is 6.61 Å². The third-order valence-corrected chi connectivity index (χ3v) is 3.15. The van der Waals surface area contributed by atoms with Crippen LogP contribution in [-0.2, 0) is 9.47 Å². The summed E-state index contributed by atoms with van der Waals surface area (Å²) in [4.78, 5) is 0. The minimum atomic E-state index is -0.322. The summed E-state index contributed by atoms with van der Waals surface area (Å²) in [5, 5.41) is 0. The SMILES string of the molecule is C#CC1COC2(C=C)C(C)COC12. The third kappa shape index (κ3) is 0.979. The third-order valence-electron chi connectivity index (χ3n) is 3.15. The van der Waals surface area contributed by atoms with E-state index in [1.54, 1.807) is 0 Å². The monoisotopic (exact) mass is 178 g/mol. The van der Waals surface area contributed by atoms with Crippen LogP contribution in [-0.4, -0.2) is 24.9 Å². The summed E-state index contributed by atoms with van der Waals surface area (Å²) >= 11 is 0. The normalized spacial score (nSPS) is 48.5. The Balaban J connectivity index is 2.32. The van der Waals surface area contributed by atoms with Crippen LogP contribution in [0.2, 0.25) is 0 Å². The van der Waals surface area contributed by atoms with Gasteiger partial charge in [0.2, 0.25) is 0 Å². The minimum Gasteiger partial charge on any atom is -0.373 e. The topological polar surface area (TPSA) is 18.5 Å². The van der Waals surface area contributed by atoms with Crippen molar-refractivity contribution in [2.45, 2.75) is 18.6 Å². The Labute approximate surface area is 78.9 Å². The lowest BCUT2D eigenvalue weighted by atomic mass is 9.84. The summed E-state index contributed by atoms with van der Waals surface area (Å²) < 4.78 is 11.4. The van der Waals surface area contributed by atoms with E-state index in [-0.39, 0.29) is 17.6 Å². The molecule has 0 amide bonds. The Hall–Kier alpha value is -0.780. The van der Waals surface area contributed by atoms with Gasteiger partial charge in [0, 0.05) is 5.92 Å². The van der Waals surface area contributed by atoms with Crippen LogP contribution in [0.15, 0.2) is 12.7 Å². The second kappa shape index (κ2) is 2.87. The predicted molar refractivity (Wildman–Crippen MR) is 50.1 cm³/mol. The lowest BCUT2D eigenvalue weighted by Crippen LogP contribution is -2.39. The van der Waals surface area contributed by atoms with Gasteiger partial charge < -0.3 is 9.47 Å². The molecule has 0 bridgehead atoms. The van der Waals surface area contributed by atoms with Gasteiger partial charge >= 0.3 is 0 Å². The summed E-state index contributed by atoms with van der Waals surface area (Å²) in [5.41, 5.74) is -0.322. The maximum Gasteiger partial charge on any atom is 0.118 e. The summed E-state index contributed by atoms with van der Waals surface area (Å²) in [5.74, 6) is 3.16. The molecule has 2 heterocycles. The van der Waals surface area contributed by atoms with Crippen molar-refractivity contribution >= 4 is 0 Å². The molecule has 0 aliphatic carbocycles. The van der Waals surface area contributed by atoms with Crippen LogP contribution in [0.5, 0.6) is 0 Å². The van der Waals surface area contributed by atoms with Gasteiger partial charge in [0.15, 0.2) is 0 Å². The minimum absolute atomic E-state index is 0.0185. The van der Waals surface area contributed by atoms with Crippen molar-refractivity contribution in [2.75, 3.05) is 13.2 Å². The van der Waals surface area contributed by atoms with Crippen molar-refractivity contribution in [2.24, 2.45) is 11.8 Å². The number of rotatable bonds is 1. The average molecular weight is 178 g/mol. The summed E-state index contributed by atoms with van der Waals surface area (Å²) in [6, 6.07) is 0. The Morgan fingerprint density at radius 1 is 1.62 bits per heavy atom. The van der Waals surface area contributed by atoms with E-state index >= 15 is 0 Å². The molecule has 4 unspecified atom stereocenters. The van der Waals surface area contributed by atoms with Gasteiger partial charge in [0.25, 0.3) is 0 Å². The zero-order valence-corrected chi connectivity index (χ0v) is 7.82. The first-order chi connectivity index (χ1) is 6.24. The first kappa shape index (κ1) is 8.80. The van der Waals surface area contributed by atoms with E-state index in [9.17, 15) is 0 Å². The van der Waals surface area contributed by atoms with Crippen molar-refractivity contribution < 1.29 is 9.47 Å². The summed E-state index contributed by atoms with van der Waals surface area (Å²) in [6.07, 6.45) is 7.28. The Kier molecular flexibility index (Phi) is 1.94. The largest absolute Gasteiger partial charge is 0.373 e. The zero-order valence-electron chi connectivity index (χ0n) is 7.82. The number of ether oxygens (including phenoxy) is 2. The second-order valence-electron chi connectivity index (χ2n) is 3.80. The molecule has 0 aromatic rings. The molecular formula is C11H14O2. The fourth-order valence-electron chi connectivity index (χ4n) is 2.28. The van der Waals surface area contributed by atoms with Crippen molar-refractivity contribution in [3.8, 4) is 12.3 Å². The molecule has 2 aliphatic rings. The van der Waals surface area contributed by atoms with Crippen molar-refractivity contribution in [3.63, 3.8) is 0 Å². The van der Waals surface area contributed by atoms with E-state index in [0.29, 0.717) is 12.5 Å². The van der Waals surface area contributed by atoms with Crippen LogP contribution < -0.4 is 0 Å². The van der Waals surface area contributed by atoms with Gasteiger partial charge in [0.1, 0.15) is 11.7 Å². The Morgan fingerprint density at radius 3 is 3.00 bits per heavy atom. The lowest BCUT2D eigenvalue weighted by molar-refractivity contribution is 0.000750. The standard InChI is InChI=1S/C11H14O2/c1-4-9-7-13-11(5-2)8(3)6-12-10(9)11/h1,5,8-10H,2,6-7H2,3H3. The molecule has 2 aliphatic heterocycles. The molecule has 4 atom stereocenters. The number of terminal acetylenes is 1. The predicted octanol–water partition coefficient (Wildman–Crippen LogP) is 1.23. The van der Waals surface area contributed by atoms with Gasteiger partial charge in [-0.05, 0) is 0 Å². The average Bonchev–Trinajstić information content (AvgIpc) is 2.65. The molecule has 2 nitrogen and oxygen atoms in total. The molecule has 2 fully saturated rings.